The van der Waals surface area contributed by atoms with Crippen molar-refractivity contribution in [1.29, 1.82) is 0 Å². The van der Waals surface area contributed by atoms with Gasteiger partial charge >= 0.3 is 11.9 Å². The van der Waals surface area contributed by atoms with Crippen LogP contribution in [0.5, 0.6) is 0 Å². The van der Waals surface area contributed by atoms with E-state index in [0.29, 0.717) is 11.1 Å². The predicted molar refractivity (Wildman–Crippen MR) is 110 cm³/mol. The average molecular weight is 392 g/mol. The van der Waals surface area contributed by atoms with Crippen molar-refractivity contribution in [3.05, 3.63) is 70.3 Å². The Hall–Kier alpha value is -3.39. The maximum absolute atomic E-state index is 12.5. The molecule has 0 aromatic heterocycles. The Balaban J connectivity index is 1.97. The van der Waals surface area contributed by atoms with E-state index >= 15 is 0 Å². The van der Waals surface area contributed by atoms with Crippen LogP contribution in [0.2, 0.25) is 0 Å². The molecule has 2 aromatic rings. The Labute approximate surface area is 171 Å². The van der Waals surface area contributed by atoms with Crippen LogP contribution in [0.25, 0.3) is 0 Å². The zero-order valence-electron chi connectivity index (χ0n) is 17.2. The standard InChI is InChI=1S/C24H24O5/c1-15-13-16(2)21(17(3)14-15)22(25)24(27)29-19(5)12-11-18(4)28-23(26)20-9-7-6-8-10-20/h6-10,13-14,18-19H,1-5H3. The van der Waals surface area contributed by atoms with Crippen molar-refractivity contribution in [3.8, 4) is 11.8 Å². The number of aryl methyl sites for hydroxylation is 3. The Bertz CT molecular complexity index is 956. The Kier molecular flexibility index (Phi) is 7.33. The Morgan fingerprint density at radius 3 is 1.90 bits per heavy atom. The second-order valence-electron chi connectivity index (χ2n) is 6.85. The summed E-state index contributed by atoms with van der Waals surface area (Å²) < 4.78 is 10.4. The molecule has 0 N–H and O–H groups in total. The van der Waals surface area contributed by atoms with E-state index in [-0.39, 0.29) is 0 Å². The van der Waals surface area contributed by atoms with E-state index in [4.69, 9.17) is 9.47 Å². The maximum Gasteiger partial charge on any atom is 0.380 e. The quantitative estimate of drug-likeness (QED) is 0.333. The van der Waals surface area contributed by atoms with Crippen molar-refractivity contribution in [1.82, 2.24) is 0 Å². The number of rotatable bonds is 5. The molecule has 5 heteroatoms. The molecule has 150 valence electrons. The van der Waals surface area contributed by atoms with Crippen molar-refractivity contribution in [2.45, 2.75) is 46.8 Å². The Morgan fingerprint density at radius 1 is 0.828 bits per heavy atom. The van der Waals surface area contributed by atoms with Gasteiger partial charge in [0.25, 0.3) is 5.78 Å². The van der Waals surface area contributed by atoms with Gasteiger partial charge in [-0.05, 0) is 57.9 Å². The fourth-order valence-electron chi connectivity index (χ4n) is 2.95. The first-order valence-corrected chi connectivity index (χ1v) is 9.29. The number of ether oxygens (including phenoxy) is 2. The minimum absolute atomic E-state index is 0.353. The van der Waals surface area contributed by atoms with Gasteiger partial charge in [-0.15, -0.1) is 0 Å². The van der Waals surface area contributed by atoms with Crippen LogP contribution < -0.4 is 0 Å². The lowest BCUT2D eigenvalue weighted by atomic mass is 9.96. The highest BCUT2D eigenvalue weighted by Crippen LogP contribution is 2.17. The number of hydrogen-bond acceptors (Lipinski definition) is 5. The topological polar surface area (TPSA) is 69.7 Å². The predicted octanol–water partition coefficient (Wildman–Crippen LogP) is 3.98. The third-order valence-electron chi connectivity index (χ3n) is 4.16. The first-order valence-electron chi connectivity index (χ1n) is 9.29. The molecule has 0 amide bonds. The molecule has 0 saturated heterocycles. The van der Waals surface area contributed by atoms with E-state index in [1.807, 2.05) is 19.1 Å². The smallest absolute Gasteiger partial charge is 0.380 e. The zero-order chi connectivity index (χ0) is 21.6. The molecule has 0 aliphatic carbocycles. The highest BCUT2D eigenvalue weighted by atomic mass is 16.5. The summed E-state index contributed by atoms with van der Waals surface area (Å²) in [5, 5.41) is 0. The van der Waals surface area contributed by atoms with E-state index in [9.17, 15) is 14.4 Å². The number of ketones is 1. The highest BCUT2D eigenvalue weighted by molar-refractivity contribution is 6.41. The first kappa shape index (κ1) is 21.9. The summed E-state index contributed by atoms with van der Waals surface area (Å²) in [4.78, 5) is 36.7. The second kappa shape index (κ2) is 9.70. The molecule has 29 heavy (non-hydrogen) atoms. The normalized spacial score (nSPS) is 12.2. The van der Waals surface area contributed by atoms with Gasteiger partial charge < -0.3 is 9.47 Å². The van der Waals surface area contributed by atoms with Crippen LogP contribution in [-0.2, 0) is 14.3 Å². The number of hydrogen-bond donors (Lipinski definition) is 0. The van der Waals surface area contributed by atoms with Crippen LogP contribution in [0.4, 0.5) is 0 Å². The molecule has 5 nitrogen and oxygen atoms in total. The van der Waals surface area contributed by atoms with E-state index in [1.165, 1.54) is 0 Å². The van der Waals surface area contributed by atoms with Gasteiger partial charge in [0.2, 0.25) is 0 Å². The van der Waals surface area contributed by atoms with Crippen LogP contribution in [0, 0.1) is 32.6 Å². The lowest BCUT2D eigenvalue weighted by Crippen LogP contribution is -2.24. The van der Waals surface area contributed by atoms with Crippen LogP contribution >= 0.6 is 0 Å². The molecule has 0 aliphatic rings. The van der Waals surface area contributed by atoms with Crippen molar-refractivity contribution in [2.75, 3.05) is 0 Å². The largest absolute Gasteiger partial charge is 0.446 e. The highest BCUT2D eigenvalue weighted by Gasteiger charge is 2.23. The first-order chi connectivity index (χ1) is 13.7. The lowest BCUT2D eigenvalue weighted by Gasteiger charge is -2.11. The summed E-state index contributed by atoms with van der Waals surface area (Å²) in [7, 11) is 0. The molecular weight excluding hydrogens is 368 g/mol. The Morgan fingerprint density at radius 2 is 1.34 bits per heavy atom. The van der Waals surface area contributed by atoms with Crippen molar-refractivity contribution in [3.63, 3.8) is 0 Å². The zero-order valence-corrected chi connectivity index (χ0v) is 17.2. The summed E-state index contributed by atoms with van der Waals surface area (Å²) in [5.74, 6) is 3.26. The molecule has 2 rings (SSSR count). The van der Waals surface area contributed by atoms with Crippen molar-refractivity contribution >= 4 is 17.7 Å². The van der Waals surface area contributed by atoms with Crippen LogP contribution in [0.3, 0.4) is 0 Å². The van der Waals surface area contributed by atoms with Gasteiger partial charge in [-0.25, -0.2) is 9.59 Å². The lowest BCUT2D eigenvalue weighted by molar-refractivity contribution is -0.140. The average Bonchev–Trinajstić information content (AvgIpc) is 2.66. The van der Waals surface area contributed by atoms with E-state index in [0.717, 1.165) is 16.7 Å². The van der Waals surface area contributed by atoms with Gasteiger partial charge in [0.1, 0.15) is 0 Å². The summed E-state index contributed by atoms with van der Waals surface area (Å²) >= 11 is 0. The maximum atomic E-state index is 12.5. The summed E-state index contributed by atoms with van der Waals surface area (Å²) in [6.07, 6.45) is -1.52. The third-order valence-corrected chi connectivity index (χ3v) is 4.16. The van der Waals surface area contributed by atoms with Gasteiger partial charge in [0.15, 0.2) is 12.2 Å². The molecule has 0 spiro atoms. The summed E-state index contributed by atoms with van der Waals surface area (Å²) in [5.41, 5.74) is 3.25. The summed E-state index contributed by atoms with van der Waals surface area (Å²) in [6.45, 7) is 8.67. The fourth-order valence-corrected chi connectivity index (χ4v) is 2.95. The summed E-state index contributed by atoms with van der Waals surface area (Å²) in [6, 6.07) is 12.3. The molecule has 2 unspecified atom stereocenters. The molecule has 0 saturated carbocycles. The van der Waals surface area contributed by atoms with E-state index in [1.54, 1.807) is 58.0 Å². The van der Waals surface area contributed by atoms with Crippen molar-refractivity contribution < 1.29 is 23.9 Å². The molecular formula is C24H24O5. The molecule has 0 heterocycles. The second-order valence-corrected chi connectivity index (χ2v) is 6.85. The monoisotopic (exact) mass is 392 g/mol. The van der Waals surface area contributed by atoms with Gasteiger partial charge in [-0.1, -0.05) is 47.7 Å². The molecule has 0 aliphatic heterocycles. The van der Waals surface area contributed by atoms with Gasteiger partial charge in [0.05, 0.1) is 5.56 Å². The van der Waals surface area contributed by atoms with Crippen molar-refractivity contribution in [2.24, 2.45) is 0 Å². The SMILES string of the molecule is Cc1cc(C)c(C(=O)C(=O)OC(C)C#CC(C)OC(=O)c2ccccc2)c(C)c1. The molecule has 2 atom stereocenters. The van der Waals surface area contributed by atoms with Crippen LogP contribution in [0.15, 0.2) is 42.5 Å². The molecule has 0 bridgehead atoms. The number of benzene rings is 2. The van der Waals surface area contributed by atoms with Crippen LogP contribution in [-0.4, -0.2) is 29.9 Å². The minimum atomic E-state index is -0.962. The number of esters is 2. The van der Waals surface area contributed by atoms with E-state index in [2.05, 4.69) is 11.8 Å². The molecule has 0 radical (unpaired) electrons. The van der Waals surface area contributed by atoms with Gasteiger partial charge in [-0.2, -0.15) is 0 Å². The molecule has 0 fully saturated rings. The number of carbonyl (C=O) groups excluding carboxylic acids is 3. The van der Waals surface area contributed by atoms with Gasteiger partial charge in [-0.3, -0.25) is 4.79 Å². The number of Topliss-reactive ketones (excluding diaryl/α,β-unsaturated/α-hetero) is 1. The van der Waals surface area contributed by atoms with E-state index < -0.39 is 29.9 Å². The fraction of sp³-hybridized carbons (Fsp3) is 0.292. The van der Waals surface area contributed by atoms with Gasteiger partial charge in [0, 0.05) is 5.56 Å². The minimum Gasteiger partial charge on any atom is -0.446 e. The van der Waals surface area contributed by atoms with Crippen LogP contribution in [0.1, 0.15) is 51.3 Å². The third kappa shape index (κ3) is 6.05. The number of carbonyl (C=O) groups is 3. The molecule has 2 aromatic carbocycles.